The number of piperazine rings is 1. The molecule has 1 saturated heterocycles. The van der Waals surface area contributed by atoms with E-state index in [-0.39, 0.29) is 5.91 Å². The molecule has 6 heteroatoms. The van der Waals surface area contributed by atoms with Crippen molar-refractivity contribution in [3.63, 3.8) is 0 Å². The number of amides is 1. The minimum atomic E-state index is 0.117. The number of hydrogen-bond donors (Lipinski definition) is 1. The number of carbonyl (C=O) groups is 1. The monoisotopic (exact) mass is 541 g/mol. The predicted molar refractivity (Wildman–Crippen MR) is 163 cm³/mol. The summed E-state index contributed by atoms with van der Waals surface area (Å²) in [6.45, 7) is 18.3. The molecular formula is C34H47N5O. The summed E-state index contributed by atoms with van der Waals surface area (Å²) >= 11 is 0. The van der Waals surface area contributed by atoms with Crippen LogP contribution in [0.3, 0.4) is 0 Å². The molecule has 2 aliphatic heterocycles. The van der Waals surface area contributed by atoms with E-state index in [1.807, 2.05) is 17.0 Å². The van der Waals surface area contributed by atoms with Crippen LogP contribution >= 0.6 is 0 Å². The average Bonchev–Trinajstić information content (AvgIpc) is 3.22. The van der Waals surface area contributed by atoms with Crippen LogP contribution < -0.4 is 5.73 Å². The van der Waals surface area contributed by atoms with Crippen LogP contribution in [0.25, 0.3) is 0 Å². The Kier molecular flexibility index (Phi) is 6.97. The first-order chi connectivity index (χ1) is 19.0. The van der Waals surface area contributed by atoms with Gasteiger partial charge in [0.05, 0.1) is 5.69 Å². The van der Waals surface area contributed by atoms with Crippen LogP contribution in [-0.4, -0.2) is 64.8 Å². The fourth-order valence-electron chi connectivity index (χ4n) is 8.43. The van der Waals surface area contributed by atoms with Gasteiger partial charge in [-0.15, -0.1) is 0 Å². The first-order valence-corrected chi connectivity index (χ1v) is 15.4. The van der Waals surface area contributed by atoms with Gasteiger partial charge in [-0.25, -0.2) is 4.99 Å². The second-order valence-corrected chi connectivity index (χ2v) is 13.8. The van der Waals surface area contributed by atoms with Gasteiger partial charge in [-0.2, -0.15) is 0 Å². The van der Waals surface area contributed by atoms with Gasteiger partial charge in [-0.3, -0.25) is 9.69 Å². The number of carbonyl (C=O) groups excluding carboxylic acids is 1. The van der Waals surface area contributed by atoms with Crippen molar-refractivity contribution in [3.05, 3.63) is 64.2 Å². The van der Waals surface area contributed by atoms with E-state index in [9.17, 15) is 4.79 Å². The molecule has 214 valence electrons. The molecular weight excluding hydrogens is 494 g/mol. The Morgan fingerprint density at radius 2 is 1.88 bits per heavy atom. The molecule has 7 rings (SSSR count). The van der Waals surface area contributed by atoms with Crippen LogP contribution in [0.4, 0.5) is 5.69 Å². The summed E-state index contributed by atoms with van der Waals surface area (Å²) in [5.74, 6) is 3.20. The Balaban J connectivity index is 1.07. The van der Waals surface area contributed by atoms with Crippen LogP contribution in [0.1, 0.15) is 73.1 Å². The highest BCUT2D eigenvalue weighted by Gasteiger charge is 2.57. The first kappa shape index (κ1) is 27.3. The molecule has 4 fully saturated rings. The molecule has 2 N–H and O–H groups in total. The molecule has 5 atom stereocenters. The summed E-state index contributed by atoms with van der Waals surface area (Å²) in [6, 6.07) is 13.6. The minimum Gasteiger partial charge on any atom is -0.369 e. The second kappa shape index (κ2) is 10.2. The third-order valence-electron chi connectivity index (χ3n) is 11.1. The highest BCUT2D eigenvalue weighted by molar-refractivity contribution is 5.99. The third-order valence-corrected chi connectivity index (χ3v) is 11.1. The Bertz CT molecular complexity index is 1330. The summed E-state index contributed by atoms with van der Waals surface area (Å²) in [5.41, 5.74) is 13.6. The fraction of sp³-hybridized carbons (Fsp3) is 0.588. The van der Waals surface area contributed by atoms with Crippen molar-refractivity contribution < 1.29 is 4.79 Å². The maximum absolute atomic E-state index is 13.1. The molecule has 0 radical (unpaired) electrons. The van der Waals surface area contributed by atoms with E-state index in [0.29, 0.717) is 30.0 Å². The van der Waals surface area contributed by atoms with Crippen LogP contribution in [0, 0.1) is 37.0 Å². The Morgan fingerprint density at radius 1 is 1.07 bits per heavy atom. The highest BCUT2D eigenvalue weighted by Crippen LogP contribution is 2.62. The SMILES string of the molecule is Cc1ccc(CCN2Cc3cc(N=C(N)N4CCN([C@H]5C[C@@H]6C[C@@H]([C@H]5C)C6(C)C)[C@@H](C)C4)ccc3C2=O)c(C)c1. The number of aliphatic imine (C=N–C) groups is 1. The largest absolute Gasteiger partial charge is 0.369 e. The summed E-state index contributed by atoms with van der Waals surface area (Å²) in [4.78, 5) is 24.9. The Hall–Kier alpha value is -2.86. The van der Waals surface area contributed by atoms with Crippen molar-refractivity contribution >= 4 is 17.6 Å². The lowest BCUT2D eigenvalue weighted by Gasteiger charge is -2.64. The van der Waals surface area contributed by atoms with Gasteiger partial charge in [-0.1, -0.05) is 44.5 Å². The van der Waals surface area contributed by atoms with Crippen molar-refractivity contribution in [3.8, 4) is 0 Å². The van der Waals surface area contributed by atoms with Gasteiger partial charge in [0.15, 0.2) is 5.96 Å². The molecule has 2 heterocycles. The van der Waals surface area contributed by atoms with Gasteiger partial charge in [0.1, 0.15) is 0 Å². The predicted octanol–water partition coefficient (Wildman–Crippen LogP) is 5.52. The zero-order valence-electron chi connectivity index (χ0n) is 25.3. The van der Waals surface area contributed by atoms with Crippen LogP contribution in [0.15, 0.2) is 41.4 Å². The van der Waals surface area contributed by atoms with Gasteiger partial charge in [0.2, 0.25) is 0 Å². The van der Waals surface area contributed by atoms with Gasteiger partial charge >= 0.3 is 0 Å². The van der Waals surface area contributed by atoms with Gasteiger partial charge in [0.25, 0.3) is 5.91 Å². The number of aryl methyl sites for hydroxylation is 2. The van der Waals surface area contributed by atoms with Crippen molar-refractivity contribution in [2.75, 3.05) is 26.2 Å². The van der Waals surface area contributed by atoms with E-state index in [0.717, 1.165) is 67.2 Å². The minimum absolute atomic E-state index is 0.117. The summed E-state index contributed by atoms with van der Waals surface area (Å²) < 4.78 is 0. The molecule has 6 nitrogen and oxygen atoms in total. The maximum atomic E-state index is 13.1. The maximum Gasteiger partial charge on any atom is 0.254 e. The molecule has 0 spiro atoms. The van der Waals surface area contributed by atoms with E-state index in [1.165, 1.54) is 29.5 Å². The number of guanidine groups is 1. The summed E-state index contributed by atoms with van der Waals surface area (Å²) in [7, 11) is 0. The molecule has 5 aliphatic rings. The van der Waals surface area contributed by atoms with Crippen LogP contribution in [0.5, 0.6) is 0 Å². The number of benzene rings is 2. The van der Waals surface area contributed by atoms with E-state index in [1.54, 1.807) is 0 Å². The summed E-state index contributed by atoms with van der Waals surface area (Å²) in [5, 5.41) is 0. The molecule has 0 aromatic heterocycles. The molecule has 3 saturated carbocycles. The van der Waals surface area contributed by atoms with Crippen LogP contribution in [0.2, 0.25) is 0 Å². The fourth-order valence-corrected chi connectivity index (χ4v) is 8.43. The molecule has 2 bridgehead atoms. The normalized spacial score (nSPS) is 29.9. The van der Waals surface area contributed by atoms with Crippen LogP contribution in [-0.2, 0) is 13.0 Å². The van der Waals surface area contributed by atoms with Gasteiger partial charge < -0.3 is 15.5 Å². The third kappa shape index (κ3) is 4.72. The zero-order valence-corrected chi connectivity index (χ0v) is 25.3. The van der Waals surface area contributed by atoms with Crippen molar-refractivity contribution in [1.29, 1.82) is 0 Å². The topological polar surface area (TPSA) is 65.2 Å². The van der Waals surface area contributed by atoms with Crippen molar-refractivity contribution in [1.82, 2.24) is 14.7 Å². The number of nitrogens with zero attached hydrogens (tertiary/aromatic N) is 4. The van der Waals surface area contributed by atoms with E-state index < -0.39 is 0 Å². The van der Waals surface area contributed by atoms with E-state index >= 15 is 0 Å². The first-order valence-electron chi connectivity index (χ1n) is 15.4. The van der Waals surface area contributed by atoms with Crippen molar-refractivity contribution in [2.45, 2.75) is 79.4 Å². The Labute approximate surface area is 240 Å². The molecule has 1 amide bonds. The van der Waals surface area contributed by atoms with Crippen molar-refractivity contribution in [2.24, 2.45) is 33.9 Å². The number of hydrogen-bond acceptors (Lipinski definition) is 3. The van der Waals surface area contributed by atoms with Gasteiger partial charge in [-0.05, 0) is 98.1 Å². The zero-order chi connectivity index (χ0) is 28.3. The van der Waals surface area contributed by atoms with Gasteiger partial charge in [0, 0.05) is 50.4 Å². The Morgan fingerprint density at radius 3 is 2.58 bits per heavy atom. The lowest BCUT2D eigenvalue weighted by Crippen LogP contribution is -2.65. The molecule has 40 heavy (non-hydrogen) atoms. The second-order valence-electron chi connectivity index (χ2n) is 13.8. The van der Waals surface area contributed by atoms with E-state index in [4.69, 9.17) is 10.7 Å². The smallest absolute Gasteiger partial charge is 0.254 e. The molecule has 3 aliphatic carbocycles. The average molecular weight is 542 g/mol. The molecule has 0 unspecified atom stereocenters. The lowest BCUT2D eigenvalue weighted by molar-refractivity contribution is -0.147. The van der Waals surface area contributed by atoms with E-state index in [2.05, 4.69) is 75.6 Å². The number of rotatable bonds is 5. The molecule has 2 aromatic rings. The number of fused-ring (bicyclic) bond motifs is 3. The lowest BCUT2D eigenvalue weighted by atomic mass is 9.44. The standard InChI is InChI=1S/C34H47N5O/c1-21-7-8-25(22(2)15-21)11-12-37-20-26-16-28(9-10-29(26)32(37)40)36-33(35)38-13-14-39(23(3)19-38)31-18-27-17-30(24(31)4)34(27,5)6/h7-10,15-16,23-24,27,30-31H,11-14,17-20H2,1-6H3,(H2,35,36)/t23-,24+,27-,30-,31-/m0/s1. The number of nitrogens with two attached hydrogens (primary N) is 1. The quantitative estimate of drug-likeness (QED) is 0.400. The highest BCUT2D eigenvalue weighted by atomic mass is 16.2. The molecule has 2 aromatic carbocycles. The summed E-state index contributed by atoms with van der Waals surface area (Å²) in [6.07, 6.45) is 3.63.